The smallest absolute Gasteiger partial charge is 0.288 e. The number of nitrogens with one attached hydrogen (secondary N) is 2. The van der Waals surface area contributed by atoms with Crippen LogP contribution in [0.1, 0.15) is 40.4 Å². The number of benzene rings is 1. The highest BCUT2D eigenvalue weighted by atomic mass is 16.5. The van der Waals surface area contributed by atoms with E-state index in [4.69, 9.17) is 4.74 Å². The number of fused-ring (bicyclic) bond motifs is 1. The zero-order chi connectivity index (χ0) is 20.1. The van der Waals surface area contributed by atoms with Gasteiger partial charge in [-0.25, -0.2) is 0 Å². The van der Waals surface area contributed by atoms with Gasteiger partial charge in [0.2, 0.25) is 5.91 Å². The Bertz CT molecular complexity index is 1030. The number of ether oxygens (including phenoxy) is 1. The maximum Gasteiger partial charge on any atom is 0.288 e. The van der Waals surface area contributed by atoms with Crippen molar-refractivity contribution in [2.75, 3.05) is 13.2 Å². The van der Waals surface area contributed by atoms with Gasteiger partial charge in [0.25, 0.3) is 5.91 Å². The highest BCUT2D eigenvalue weighted by Gasteiger charge is 2.22. The number of amides is 2. The van der Waals surface area contributed by atoms with Crippen molar-refractivity contribution in [2.24, 2.45) is 0 Å². The fourth-order valence-corrected chi connectivity index (χ4v) is 3.60. The second-order valence-electron chi connectivity index (χ2n) is 7.04. The van der Waals surface area contributed by atoms with Gasteiger partial charge in [0.15, 0.2) is 0 Å². The summed E-state index contributed by atoms with van der Waals surface area (Å²) in [4.78, 5) is 33.4. The third kappa shape index (κ3) is 4.57. The second-order valence-corrected chi connectivity index (χ2v) is 7.04. The number of hydrazine groups is 1. The van der Waals surface area contributed by atoms with E-state index in [1.54, 1.807) is 12.4 Å². The molecule has 3 heterocycles. The second kappa shape index (κ2) is 8.79. The third-order valence-corrected chi connectivity index (χ3v) is 5.06. The normalized spacial score (nSPS) is 14.5. The Morgan fingerprint density at radius 1 is 1.00 bits per heavy atom. The quantitative estimate of drug-likeness (QED) is 0.668. The van der Waals surface area contributed by atoms with E-state index in [-0.39, 0.29) is 18.2 Å². The first-order chi connectivity index (χ1) is 14.2. The molecule has 1 aromatic carbocycles. The summed E-state index contributed by atoms with van der Waals surface area (Å²) in [6, 6.07) is 13.2. The SMILES string of the molecule is O=C(Cc1ccc2ncccc2c1)NNC(=O)c1ncccc1C1CCOCC1. The lowest BCUT2D eigenvalue weighted by Crippen LogP contribution is -2.43. The van der Waals surface area contributed by atoms with Crippen LogP contribution in [-0.4, -0.2) is 35.0 Å². The third-order valence-electron chi connectivity index (χ3n) is 5.06. The number of carbonyl (C=O) groups excluding carboxylic acids is 2. The molecule has 29 heavy (non-hydrogen) atoms. The molecule has 148 valence electrons. The molecule has 7 nitrogen and oxygen atoms in total. The van der Waals surface area contributed by atoms with E-state index in [9.17, 15) is 9.59 Å². The van der Waals surface area contributed by atoms with Crippen LogP contribution in [0.5, 0.6) is 0 Å². The van der Waals surface area contributed by atoms with Crippen LogP contribution >= 0.6 is 0 Å². The monoisotopic (exact) mass is 390 g/mol. The summed E-state index contributed by atoms with van der Waals surface area (Å²) in [7, 11) is 0. The maximum absolute atomic E-state index is 12.6. The predicted octanol–water partition coefficient (Wildman–Crippen LogP) is 2.53. The van der Waals surface area contributed by atoms with Crippen LogP contribution in [-0.2, 0) is 16.0 Å². The standard InChI is InChI=1S/C22H22N4O3/c27-20(14-15-5-6-19-17(13-15)3-1-9-23-19)25-26-22(28)21-18(4-2-10-24-21)16-7-11-29-12-8-16/h1-6,9-10,13,16H,7-8,11-12,14H2,(H,25,27)(H,26,28). The van der Waals surface area contributed by atoms with Crippen molar-refractivity contribution in [3.63, 3.8) is 0 Å². The van der Waals surface area contributed by atoms with Gasteiger partial charge in [-0.1, -0.05) is 18.2 Å². The van der Waals surface area contributed by atoms with Crippen LogP contribution in [0.3, 0.4) is 0 Å². The van der Waals surface area contributed by atoms with E-state index in [2.05, 4.69) is 20.8 Å². The zero-order valence-corrected chi connectivity index (χ0v) is 15.9. The van der Waals surface area contributed by atoms with Crippen LogP contribution < -0.4 is 10.9 Å². The van der Waals surface area contributed by atoms with E-state index in [0.29, 0.717) is 18.9 Å². The topological polar surface area (TPSA) is 93.2 Å². The van der Waals surface area contributed by atoms with E-state index in [1.165, 1.54) is 0 Å². The van der Waals surface area contributed by atoms with Crippen LogP contribution in [0.2, 0.25) is 0 Å². The molecule has 2 amide bonds. The molecule has 2 N–H and O–H groups in total. The molecule has 4 rings (SSSR count). The minimum Gasteiger partial charge on any atom is -0.381 e. The number of nitrogens with zero attached hydrogens (tertiary/aromatic N) is 2. The van der Waals surface area contributed by atoms with E-state index >= 15 is 0 Å². The van der Waals surface area contributed by atoms with Crippen molar-refractivity contribution < 1.29 is 14.3 Å². The Labute approximate surface area is 168 Å². The first kappa shape index (κ1) is 19.0. The van der Waals surface area contributed by atoms with Crippen LogP contribution in [0.25, 0.3) is 10.9 Å². The molecule has 1 aliphatic rings. The minimum absolute atomic E-state index is 0.153. The van der Waals surface area contributed by atoms with E-state index < -0.39 is 5.91 Å². The van der Waals surface area contributed by atoms with Crippen LogP contribution in [0.4, 0.5) is 0 Å². The van der Waals surface area contributed by atoms with Crippen LogP contribution in [0, 0.1) is 0 Å². The lowest BCUT2D eigenvalue weighted by Gasteiger charge is -2.23. The van der Waals surface area contributed by atoms with Gasteiger partial charge in [0.05, 0.1) is 11.9 Å². The van der Waals surface area contributed by atoms with Gasteiger partial charge in [-0.3, -0.25) is 30.4 Å². The fraction of sp³-hybridized carbons (Fsp3) is 0.273. The summed E-state index contributed by atoms with van der Waals surface area (Å²) in [5, 5.41) is 0.969. The van der Waals surface area contributed by atoms with Gasteiger partial charge in [0, 0.05) is 31.0 Å². The number of pyridine rings is 2. The fourth-order valence-electron chi connectivity index (χ4n) is 3.60. The lowest BCUT2D eigenvalue weighted by molar-refractivity contribution is -0.121. The summed E-state index contributed by atoms with van der Waals surface area (Å²) in [5.41, 5.74) is 7.94. The molecule has 3 aromatic rings. The minimum atomic E-state index is -0.414. The zero-order valence-electron chi connectivity index (χ0n) is 15.9. The Morgan fingerprint density at radius 2 is 1.79 bits per heavy atom. The summed E-state index contributed by atoms with van der Waals surface area (Å²) in [6.45, 7) is 1.36. The molecule has 7 heteroatoms. The highest BCUT2D eigenvalue weighted by Crippen LogP contribution is 2.28. The Kier molecular flexibility index (Phi) is 5.76. The molecule has 0 atom stereocenters. The Balaban J connectivity index is 1.38. The Morgan fingerprint density at radius 3 is 2.66 bits per heavy atom. The molecule has 0 aliphatic carbocycles. The molecule has 0 spiro atoms. The molecule has 1 saturated heterocycles. The van der Waals surface area contributed by atoms with Crippen molar-refractivity contribution >= 4 is 22.7 Å². The summed E-state index contributed by atoms with van der Waals surface area (Å²) in [5.74, 6) is -0.478. The van der Waals surface area contributed by atoms with Gasteiger partial charge in [0.1, 0.15) is 5.69 Å². The van der Waals surface area contributed by atoms with Gasteiger partial charge in [-0.15, -0.1) is 0 Å². The van der Waals surface area contributed by atoms with E-state index in [0.717, 1.165) is 34.9 Å². The maximum atomic E-state index is 12.6. The van der Waals surface area contributed by atoms with Crippen molar-refractivity contribution in [2.45, 2.75) is 25.2 Å². The number of hydrogen-bond acceptors (Lipinski definition) is 5. The first-order valence-corrected chi connectivity index (χ1v) is 9.66. The first-order valence-electron chi connectivity index (χ1n) is 9.66. The van der Waals surface area contributed by atoms with E-state index in [1.807, 2.05) is 42.5 Å². The molecular weight excluding hydrogens is 368 g/mol. The van der Waals surface area contributed by atoms with Gasteiger partial charge in [-0.05, 0) is 54.2 Å². The van der Waals surface area contributed by atoms with Crippen molar-refractivity contribution in [3.8, 4) is 0 Å². The van der Waals surface area contributed by atoms with Gasteiger partial charge >= 0.3 is 0 Å². The van der Waals surface area contributed by atoms with Crippen molar-refractivity contribution in [1.82, 2.24) is 20.8 Å². The van der Waals surface area contributed by atoms with Crippen molar-refractivity contribution in [3.05, 3.63) is 71.7 Å². The summed E-state index contributed by atoms with van der Waals surface area (Å²) in [6.07, 6.45) is 5.18. The average Bonchev–Trinajstić information content (AvgIpc) is 2.78. The molecule has 0 unspecified atom stereocenters. The highest BCUT2D eigenvalue weighted by molar-refractivity contribution is 5.95. The number of hydrogen-bond donors (Lipinski definition) is 2. The molecule has 1 aliphatic heterocycles. The van der Waals surface area contributed by atoms with Crippen molar-refractivity contribution in [1.29, 1.82) is 0 Å². The molecule has 0 radical (unpaired) electrons. The lowest BCUT2D eigenvalue weighted by atomic mass is 9.90. The summed E-state index contributed by atoms with van der Waals surface area (Å²) >= 11 is 0. The average molecular weight is 390 g/mol. The molecule has 2 aromatic heterocycles. The largest absolute Gasteiger partial charge is 0.381 e. The number of rotatable bonds is 4. The number of aromatic nitrogens is 2. The molecule has 0 bridgehead atoms. The summed E-state index contributed by atoms with van der Waals surface area (Å²) < 4.78 is 5.40. The van der Waals surface area contributed by atoms with Gasteiger partial charge < -0.3 is 4.74 Å². The molecule has 1 fully saturated rings. The van der Waals surface area contributed by atoms with Gasteiger partial charge in [-0.2, -0.15) is 0 Å². The molecule has 0 saturated carbocycles. The predicted molar refractivity (Wildman–Crippen MR) is 108 cm³/mol. The molecular formula is C22H22N4O3. The van der Waals surface area contributed by atoms with Crippen LogP contribution in [0.15, 0.2) is 54.9 Å². The Hall–Kier alpha value is -3.32. The number of carbonyl (C=O) groups is 2.